The molecule has 0 aliphatic heterocycles. The van der Waals surface area contributed by atoms with Crippen LogP contribution in [0.3, 0.4) is 0 Å². The number of pyridine rings is 1. The monoisotopic (exact) mass is 285 g/mol. The molecule has 0 saturated carbocycles. The van der Waals surface area contributed by atoms with Crippen LogP contribution in [0.15, 0.2) is 79.1 Å². The second-order valence-corrected chi connectivity index (χ2v) is 4.94. The van der Waals surface area contributed by atoms with Gasteiger partial charge in [-0.15, -0.1) is 0 Å². The van der Waals surface area contributed by atoms with E-state index in [0.717, 1.165) is 11.1 Å². The van der Waals surface area contributed by atoms with Gasteiger partial charge in [-0.3, -0.25) is 9.78 Å². The molecular weight excluding hydrogens is 270 g/mol. The molecule has 0 amide bonds. The van der Waals surface area contributed by atoms with E-state index >= 15 is 0 Å². The Morgan fingerprint density at radius 1 is 0.727 bits per heavy atom. The second-order valence-electron chi connectivity index (χ2n) is 4.94. The van der Waals surface area contributed by atoms with Crippen molar-refractivity contribution in [2.24, 2.45) is 0 Å². The van der Waals surface area contributed by atoms with Gasteiger partial charge < -0.3 is 0 Å². The highest BCUT2D eigenvalue weighted by Crippen LogP contribution is 2.13. The van der Waals surface area contributed by atoms with Gasteiger partial charge in [0.25, 0.3) is 0 Å². The van der Waals surface area contributed by atoms with Crippen molar-refractivity contribution in [3.8, 4) is 0 Å². The van der Waals surface area contributed by atoms with Crippen LogP contribution >= 0.6 is 0 Å². The first-order valence-corrected chi connectivity index (χ1v) is 7.11. The van der Waals surface area contributed by atoms with Gasteiger partial charge in [0.2, 0.25) is 0 Å². The molecule has 0 atom stereocenters. The Hall–Kier alpha value is -3.00. The number of hydrogen-bond acceptors (Lipinski definition) is 2. The molecule has 0 aliphatic carbocycles. The Labute approximate surface area is 129 Å². The van der Waals surface area contributed by atoms with Crippen molar-refractivity contribution in [3.05, 3.63) is 101 Å². The molecule has 0 saturated heterocycles. The summed E-state index contributed by atoms with van der Waals surface area (Å²) < 4.78 is 0. The van der Waals surface area contributed by atoms with E-state index in [-0.39, 0.29) is 5.78 Å². The number of benzene rings is 2. The highest BCUT2D eigenvalue weighted by atomic mass is 16.1. The minimum Gasteiger partial charge on any atom is -0.289 e. The smallest absolute Gasteiger partial charge is 0.193 e. The van der Waals surface area contributed by atoms with Gasteiger partial charge in [-0.1, -0.05) is 72.8 Å². The van der Waals surface area contributed by atoms with Crippen molar-refractivity contribution >= 4 is 17.9 Å². The maximum absolute atomic E-state index is 12.3. The van der Waals surface area contributed by atoms with Crippen LogP contribution in [0.4, 0.5) is 0 Å². The summed E-state index contributed by atoms with van der Waals surface area (Å²) in [5.74, 6) is 0.0448. The second kappa shape index (κ2) is 6.64. The number of ketones is 1. The molecule has 1 heterocycles. The third kappa shape index (κ3) is 3.36. The van der Waals surface area contributed by atoms with E-state index in [1.165, 1.54) is 0 Å². The zero-order chi connectivity index (χ0) is 15.2. The number of carbonyl (C=O) groups is 1. The summed E-state index contributed by atoms with van der Waals surface area (Å²) in [6.07, 6.45) is 7.57. The lowest BCUT2D eigenvalue weighted by atomic mass is 10.0. The minimum atomic E-state index is 0.0448. The summed E-state index contributed by atoms with van der Waals surface area (Å²) in [7, 11) is 0. The Bertz CT molecular complexity index is 775. The van der Waals surface area contributed by atoms with E-state index in [9.17, 15) is 4.79 Å². The van der Waals surface area contributed by atoms with Crippen molar-refractivity contribution in [2.45, 2.75) is 0 Å². The number of hydrogen-bond donors (Lipinski definition) is 0. The lowest BCUT2D eigenvalue weighted by molar-refractivity contribution is 0.103. The predicted molar refractivity (Wildman–Crippen MR) is 89.5 cm³/mol. The molecule has 1 aromatic heterocycles. The highest BCUT2D eigenvalue weighted by Gasteiger charge is 2.07. The van der Waals surface area contributed by atoms with Crippen LogP contribution in [0.25, 0.3) is 12.2 Å². The maximum atomic E-state index is 12.3. The van der Waals surface area contributed by atoms with Crippen molar-refractivity contribution in [3.63, 3.8) is 0 Å². The van der Waals surface area contributed by atoms with Crippen molar-refractivity contribution in [1.29, 1.82) is 0 Å². The minimum absolute atomic E-state index is 0.0448. The summed E-state index contributed by atoms with van der Waals surface area (Å²) in [6.45, 7) is 0. The number of rotatable bonds is 4. The molecule has 0 spiro atoms. The number of nitrogens with zero attached hydrogens (tertiary/aromatic N) is 1. The van der Waals surface area contributed by atoms with E-state index < -0.39 is 0 Å². The van der Waals surface area contributed by atoms with Crippen LogP contribution in [0.1, 0.15) is 27.0 Å². The fourth-order valence-electron chi connectivity index (χ4n) is 2.17. The van der Waals surface area contributed by atoms with Gasteiger partial charge in [-0.25, -0.2) is 0 Å². The first-order valence-electron chi connectivity index (χ1n) is 7.11. The van der Waals surface area contributed by atoms with E-state index in [0.29, 0.717) is 11.1 Å². The molecule has 2 heteroatoms. The summed E-state index contributed by atoms with van der Waals surface area (Å²) in [4.78, 5) is 16.4. The third-order valence-corrected chi connectivity index (χ3v) is 3.36. The van der Waals surface area contributed by atoms with Gasteiger partial charge in [0.15, 0.2) is 5.78 Å². The Balaban J connectivity index is 1.76. The highest BCUT2D eigenvalue weighted by molar-refractivity contribution is 6.09. The lowest BCUT2D eigenvalue weighted by Gasteiger charge is -2.01. The van der Waals surface area contributed by atoms with Crippen molar-refractivity contribution in [2.75, 3.05) is 0 Å². The van der Waals surface area contributed by atoms with Gasteiger partial charge in [0, 0.05) is 23.5 Å². The first kappa shape index (κ1) is 14.0. The van der Waals surface area contributed by atoms with Crippen LogP contribution < -0.4 is 0 Å². The molecule has 0 N–H and O–H groups in total. The molecule has 3 rings (SSSR count). The SMILES string of the molecule is O=C(c1ccccc1)c1ccc(/C=C/c2cccnc2)cc1. The fourth-order valence-corrected chi connectivity index (χ4v) is 2.17. The van der Waals surface area contributed by atoms with E-state index in [2.05, 4.69) is 4.98 Å². The zero-order valence-corrected chi connectivity index (χ0v) is 12.0. The van der Waals surface area contributed by atoms with E-state index in [4.69, 9.17) is 0 Å². The fraction of sp³-hybridized carbons (Fsp3) is 0. The van der Waals surface area contributed by atoms with Crippen LogP contribution in [-0.2, 0) is 0 Å². The van der Waals surface area contributed by atoms with Crippen LogP contribution in [0.5, 0.6) is 0 Å². The maximum Gasteiger partial charge on any atom is 0.193 e. The Morgan fingerprint density at radius 2 is 1.41 bits per heavy atom. The average Bonchev–Trinajstić information content (AvgIpc) is 2.61. The van der Waals surface area contributed by atoms with Crippen LogP contribution in [-0.4, -0.2) is 10.8 Å². The molecular formula is C20H15NO. The Kier molecular flexibility index (Phi) is 4.21. The summed E-state index contributed by atoms with van der Waals surface area (Å²) >= 11 is 0. The first-order chi connectivity index (χ1) is 10.8. The predicted octanol–water partition coefficient (Wildman–Crippen LogP) is 4.48. The van der Waals surface area contributed by atoms with Gasteiger partial charge in [0.1, 0.15) is 0 Å². The van der Waals surface area contributed by atoms with Gasteiger partial charge in [-0.05, 0) is 17.2 Å². The normalized spacial score (nSPS) is 10.7. The topological polar surface area (TPSA) is 30.0 Å². The zero-order valence-electron chi connectivity index (χ0n) is 12.0. The van der Waals surface area contributed by atoms with E-state index in [1.54, 1.807) is 6.20 Å². The largest absolute Gasteiger partial charge is 0.289 e. The molecule has 22 heavy (non-hydrogen) atoms. The lowest BCUT2D eigenvalue weighted by Crippen LogP contribution is -2.00. The molecule has 106 valence electrons. The average molecular weight is 285 g/mol. The summed E-state index contributed by atoms with van der Waals surface area (Å²) in [5, 5.41) is 0. The Morgan fingerprint density at radius 3 is 2.09 bits per heavy atom. The van der Waals surface area contributed by atoms with Crippen molar-refractivity contribution < 1.29 is 4.79 Å². The third-order valence-electron chi connectivity index (χ3n) is 3.36. The molecule has 0 bridgehead atoms. The molecule has 0 fully saturated rings. The molecule has 0 radical (unpaired) electrons. The molecule has 3 aromatic rings. The molecule has 2 aromatic carbocycles. The summed E-state index contributed by atoms with van der Waals surface area (Å²) in [6, 6.07) is 20.8. The molecule has 0 unspecified atom stereocenters. The molecule has 2 nitrogen and oxygen atoms in total. The van der Waals surface area contributed by atoms with Gasteiger partial charge >= 0.3 is 0 Å². The summed E-state index contributed by atoms with van der Waals surface area (Å²) in [5.41, 5.74) is 3.51. The van der Waals surface area contributed by atoms with Gasteiger partial charge in [-0.2, -0.15) is 0 Å². The number of aromatic nitrogens is 1. The van der Waals surface area contributed by atoms with Crippen LogP contribution in [0, 0.1) is 0 Å². The number of carbonyl (C=O) groups excluding carboxylic acids is 1. The van der Waals surface area contributed by atoms with E-state index in [1.807, 2.05) is 85.1 Å². The van der Waals surface area contributed by atoms with Crippen molar-refractivity contribution in [1.82, 2.24) is 4.98 Å². The standard InChI is InChI=1S/C20H15NO/c22-20(18-6-2-1-3-7-18)19-12-10-16(11-13-19)8-9-17-5-4-14-21-15-17/h1-15H/b9-8+. The quantitative estimate of drug-likeness (QED) is 0.661. The van der Waals surface area contributed by atoms with Gasteiger partial charge in [0.05, 0.1) is 0 Å². The molecule has 0 aliphatic rings. The van der Waals surface area contributed by atoms with Crippen LogP contribution in [0.2, 0.25) is 0 Å².